The number of hydrogen-bond donors (Lipinski definition) is 2. The second kappa shape index (κ2) is 7.31. The maximum absolute atomic E-state index is 13.6. The molecule has 3 rings (SSSR count). The third-order valence-corrected chi connectivity index (χ3v) is 3.93. The molecule has 26 heavy (non-hydrogen) atoms. The molecule has 132 valence electrons. The molecule has 1 amide bonds. The van der Waals surface area contributed by atoms with Crippen LogP contribution in [-0.2, 0) is 0 Å². The molecule has 0 aliphatic carbocycles. The normalized spacial score (nSPS) is 10.5. The van der Waals surface area contributed by atoms with Gasteiger partial charge in [-0.2, -0.15) is 0 Å². The number of aryl methyl sites for hydroxylation is 2. The van der Waals surface area contributed by atoms with Crippen molar-refractivity contribution in [3.8, 4) is 0 Å². The molecule has 1 heterocycles. The molecule has 0 aliphatic heterocycles. The Morgan fingerprint density at radius 3 is 2.35 bits per heavy atom. The summed E-state index contributed by atoms with van der Waals surface area (Å²) in [6.07, 6.45) is 1.53. The molecular formula is C20H17F2N3O. The number of benzene rings is 2. The molecule has 0 fully saturated rings. The lowest BCUT2D eigenvalue weighted by molar-refractivity contribution is 0.102. The molecule has 0 saturated heterocycles. The zero-order chi connectivity index (χ0) is 18.7. The van der Waals surface area contributed by atoms with Gasteiger partial charge >= 0.3 is 0 Å². The Kier molecular flexibility index (Phi) is 4.93. The Hall–Kier alpha value is -3.28. The van der Waals surface area contributed by atoms with Crippen molar-refractivity contribution in [1.29, 1.82) is 0 Å². The first kappa shape index (κ1) is 17.5. The van der Waals surface area contributed by atoms with Crippen molar-refractivity contribution < 1.29 is 13.6 Å². The second-order valence-corrected chi connectivity index (χ2v) is 5.90. The van der Waals surface area contributed by atoms with Gasteiger partial charge in [0.05, 0.1) is 17.6 Å². The summed E-state index contributed by atoms with van der Waals surface area (Å²) in [6, 6.07) is 12.2. The van der Waals surface area contributed by atoms with E-state index in [2.05, 4.69) is 15.6 Å². The Balaban J connectivity index is 1.74. The van der Waals surface area contributed by atoms with Crippen LogP contribution < -0.4 is 10.6 Å². The molecule has 0 bridgehead atoms. The molecule has 2 aromatic carbocycles. The standard InChI is InChI=1S/C20H17F2N3O/c1-12-4-3-5-13(2)19(12)24-15-7-9-18(23-11-15)20(26)25-17-8-6-14(21)10-16(17)22/h3-11,24H,1-2H3,(H,25,26). The lowest BCUT2D eigenvalue weighted by Crippen LogP contribution is -2.14. The third-order valence-electron chi connectivity index (χ3n) is 3.93. The topological polar surface area (TPSA) is 54.0 Å². The van der Waals surface area contributed by atoms with E-state index in [9.17, 15) is 13.6 Å². The summed E-state index contributed by atoms with van der Waals surface area (Å²) in [5, 5.41) is 5.65. The average Bonchev–Trinajstić information content (AvgIpc) is 2.61. The van der Waals surface area contributed by atoms with Crippen molar-refractivity contribution in [2.75, 3.05) is 10.6 Å². The van der Waals surface area contributed by atoms with E-state index in [4.69, 9.17) is 0 Å². The summed E-state index contributed by atoms with van der Waals surface area (Å²) in [5.41, 5.74) is 3.93. The van der Waals surface area contributed by atoms with Gasteiger partial charge in [-0.05, 0) is 49.2 Å². The van der Waals surface area contributed by atoms with Gasteiger partial charge in [-0.3, -0.25) is 4.79 Å². The van der Waals surface area contributed by atoms with Crippen molar-refractivity contribution in [2.24, 2.45) is 0 Å². The smallest absolute Gasteiger partial charge is 0.274 e. The van der Waals surface area contributed by atoms with Crippen LogP contribution in [0.1, 0.15) is 21.6 Å². The predicted molar refractivity (Wildman–Crippen MR) is 97.7 cm³/mol. The van der Waals surface area contributed by atoms with Crippen molar-refractivity contribution in [3.63, 3.8) is 0 Å². The van der Waals surface area contributed by atoms with Crippen molar-refractivity contribution in [1.82, 2.24) is 4.98 Å². The molecule has 0 spiro atoms. The van der Waals surface area contributed by atoms with Gasteiger partial charge in [-0.25, -0.2) is 13.8 Å². The van der Waals surface area contributed by atoms with E-state index in [1.807, 2.05) is 32.0 Å². The summed E-state index contributed by atoms with van der Waals surface area (Å²) in [6.45, 7) is 4.00. The number of amides is 1. The maximum Gasteiger partial charge on any atom is 0.274 e. The van der Waals surface area contributed by atoms with Crippen LogP contribution in [-0.4, -0.2) is 10.9 Å². The number of carbonyl (C=O) groups is 1. The van der Waals surface area contributed by atoms with Gasteiger partial charge in [0.2, 0.25) is 0 Å². The van der Waals surface area contributed by atoms with Crippen molar-refractivity contribution in [3.05, 3.63) is 83.2 Å². The SMILES string of the molecule is Cc1cccc(C)c1Nc1ccc(C(=O)Nc2ccc(F)cc2F)nc1. The fourth-order valence-corrected chi connectivity index (χ4v) is 2.54. The minimum absolute atomic E-state index is 0.101. The number of anilines is 3. The number of nitrogens with zero attached hydrogens (tertiary/aromatic N) is 1. The van der Waals surface area contributed by atoms with E-state index < -0.39 is 17.5 Å². The number of aromatic nitrogens is 1. The number of carbonyl (C=O) groups excluding carboxylic acids is 1. The summed E-state index contributed by atoms with van der Waals surface area (Å²) >= 11 is 0. The van der Waals surface area contributed by atoms with Crippen molar-refractivity contribution in [2.45, 2.75) is 13.8 Å². The summed E-state index contributed by atoms with van der Waals surface area (Å²) < 4.78 is 26.5. The molecule has 1 aromatic heterocycles. The van der Waals surface area contributed by atoms with Crippen molar-refractivity contribution >= 4 is 23.0 Å². The number of pyridine rings is 1. The van der Waals surface area contributed by atoms with Crippen LogP contribution in [0.2, 0.25) is 0 Å². The van der Waals surface area contributed by atoms with Gasteiger partial charge in [0.1, 0.15) is 17.3 Å². The highest BCUT2D eigenvalue weighted by Crippen LogP contribution is 2.24. The van der Waals surface area contributed by atoms with Gasteiger partial charge < -0.3 is 10.6 Å². The van der Waals surface area contributed by atoms with E-state index in [-0.39, 0.29) is 11.4 Å². The number of hydrogen-bond acceptors (Lipinski definition) is 3. The lowest BCUT2D eigenvalue weighted by Gasteiger charge is -2.12. The second-order valence-electron chi connectivity index (χ2n) is 5.90. The van der Waals surface area contributed by atoms with E-state index in [0.717, 1.165) is 28.6 Å². The molecule has 4 nitrogen and oxygen atoms in total. The highest BCUT2D eigenvalue weighted by atomic mass is 19.1. The highest BCUT2D eigenvalue weighted by molar-refractivity contribution is 6.03. The highest BCUT2D eigenvalue weighted by Gasteiger charge is 2.11. The number of para-hydroxylation sites is 1. The lowest BCUT2D eigenvalue weighted by atomic mass is 10.1. The first-order chi connectivity index (χ1) is 12.4. The predicted octanol–water partition coefficient (Wildman–Crippen LogP) is 4.97. The molecule has 2 N–H and O–H groups in total. The number of halogens is 2. The Labute approximate surface area is 149 Å². The van der Waals surface area contributed by atoms with Crippen LogP contribution in [0.4, 0.5) is 25.8 Å². The zero-order valence-corrected chi connectivity index (χ0v) is 14.3. The third kappa shape index (κ3) is 3.85. The molecule has 0 atom stereocenters. The van der Waals surface area contributed by atoms with Gasteiger partial charge in [0.25, 0.3) is 5.91 Å². The molecule has 0 aliphatic rings. The van der Waals surface area contributed by atoms with E-state index in [0.29, 0.717) is 6.07 Å². The van der Waals surface area contributed by atoms with E-state index in [1.165, 1.54) is 18.3 Å². The molecule has 0 radical (unpaired) electrons. The minimum Gasteiger partial charge on any atom is -0.354 e. The Morgan fingerprint density at radius 2 is 1.73 bits per heavy atom. The summed E-state index contributed by atoms with van der Waals surface area (Å²) in [4.78, 5) is 16.3. The van der Waals surface area contributed by atoms with E-state index in [1.54, 1.807) is 6.07 Å². The monoisotopic (exact) mass is 353 g/mol. The molecular weight excluding hydrogens is 336 g/mol. The number of nitrogens with one attached hydrogen (secondary N) is 2. The largest absolute Gasteiger partial charge is 0.354 e. The quantitative estimate of drug-likeness (QED) is 0.696. The summed E-state index contributed by atoms with van der Waals surface area (Å²) in [7, 11) is 0. The minimum atomic E-state index is -0.841. The van der Waals surface area contributed by atoms with Crippen LogP contribution in [0.25, 0.3) is 0 Å². The molecule has 3 aromatic rings. The Bertz CT molecular complexity index is 936. The van der Waals surface area contributed by atoms with Gasteiger partial charge in [0, 0.05) is 11.8 Å². The van der Waals surface area contributed by atoms with Gasteiger partial charge in [-0.1, -0.05) is 18.2 Å². The maximum atomic E-state index is 13.6. The van der Waals surface area contributed by atoms with Crippen LogP contribution in [0.5, 0.6) is 0 Å². The van der Waals surface area contributed by atoms with Crippen LogP contribution in [0.3, 0.4) is 0 Å². The van der Waals surface area contributed by atoms with Gasteiger partial charge in [-0.15, -0.1) is 0 Å². The Morgan fingerprint density at radius 1 is 1.00 bits per heavy atom. The molecule has 0 saturated carbocycles. The van der Waals surface area contributed by atoms with Gasteiger partial charge in [0.15, 0.2) is 0 Å². The summed E-state index contributed by atoms with van der Waals surface area (Å²) in [5.74, 6) is -2.12. The first-order valence-corrected chi connectivity index (χ1v) is 8.00. The molecule has 0 unspecified atom stereocenters. The zero-order valence-electron chi connectivity index (χ0n) is 14.3. The van der Waals surface area contributed by atoms with Crippen LogP contribution in [0, 0.1) is 25.5 Å². The van der Waals surface area contributed by atoms with Crippen LogP contribution in [0.15, 0.2) is 54.7 Å². The number of rotatable bonds is 4. The van der Waals surface area contributed by atoms with E-state index >= 15 is 0 Å². The fraction of sp³-hybridized carbons (Fsp3) is 0.100. The average molecular weight is 353 g/mol. The molecule has 6 heteroatoms. The van der Waals surface area contributed by atoms with Crippen LogP contribution >= 0.6 is 0 Å². The first-order valence-electron chi connectivity index (χ1n) is 8.00. The fourth-order valence-electron chi connectivity index (χ4n) is 2.54.